The molecule has 21 heavy (non-hydrogen) atoms. The Morgan fingerprint density at radius 3 is 2.81 bits per heavy atom. The van der Waals surface area contributed by atoms with Gasteiger partial charge in [0.1, 0.15) is 5.82 Å². The largest absolute Gasteiger partial charge is 0.311 e. The summed E-state index contributed by atoms with van der Waals surface area (Å²) in [6.07, 6.45) is 6.94. The summed E-state index contributed by atoms with van der Waals surface area (Å²) in [4.78, 5) is 2.52. The van der Waals surface area contributed by atoms with E-state index >= 15 is 0 Å². The Bertz CT molecular complexity index is 456. The van der Waals surface area contributed by atoms with Crippen molar-refractivity contribution < 1.29 is 4.39 Å². The van der Waals surface area contributed by atoms with Gasteiger partial charge in [-0.15, -0.1) is 0 Å². The summed E-state index contributed by atoms with van der Waals surface area (Å²) in [5.74, 6) is 0.709. The lowest BCUT2D eigenvalue weighted by Gasteiger charge is -2.43. The highest BCUT2D eigenvalue weighted by Crippen LogP contribution is 2.28. The van der Waals surface area contributed by atoms with Crippen molar-refractivity contribution in [3.8, 4) is 0 Å². The Kier molecular flexibility index (Phi) is 4.91. The molecule has 1 aliphatic heterocycles. The molecule has 1 aliphatic carbocycles. The smallest absolute Gasteiger partial charge is 0.123 e. The van der Waals surface area contributed by atoms with E-state index in [4.69, 9.17) is 0 Å². The van der Waals surface area contributed by atoms with E-state index in [2.05, 4.69) is 17.1 Å². The van der Waals surface area contributed by atoms with Crippen LogP contribution in [0.25, 0.3) is 0 Å². The molecule has 0 spiro atoms. The van der Waals surface area contributed by atoms with Gasteiger partial charge in [0.2, 0.25) is 0 Å². The summed E-state index contributed by atoms with van der Waals surface area (Å²) in [7, 11) is 0. The minimum absolute atomic E-state index is 0.126. The number of nitrogens with one attached hydrogen (secondary N) is 1. The maximum atomic E-state index is 13.4. The van der Waals surface area contributed by atoms with Crippen LogP contribution in [0.3, 0.4) is 0 Å². The third-order valence-electron chi connectivity index (χ3n) is 5.22. The molecular weight excluding hydrogens is 263 g/mol. The first-order valence-electron chi connectivity index (χ1n) is 8.44. The Morgan fingerprint density at radius 2 is 2.05 bits per heavy atom. The first-order chi connectivity index (χ1) is 10.2. The maximum absolute atomic E-state index is 13.4. The van der Waals surface area contributed by atoms with Crippen LogP contribution in [-0.2, 0) is 6.54 Å². The summed E-state index contributed by atoms with van der Waals surface area (Å²) in [5.41, 5.74) is 1.09. The molecule has 116 valence electrons. The van der Waals surface area contributed by atoms with Gasteiger partial charge in [-0.2, -0.15) is 0 Å². The highest BCUT2D eigenvalue weighted by atomic mass is 19.1. The first-order valence-corrected chi connectivity index (χ1v) is 8.44. The summed E-state index contributed by atoms with van der Waals surface area (Å²) in [5, 5.41) is 3.75. The second kappa shape index (κ2) is 6.89. The molecule has 0 aromatic heterocycles. The fraction of sp³-hybridized carbons (Fsp3) is 0.667. The molecule has 0 bridgehead atoms. The van der Waals surface area contributed by atoms with E-state index in [9.17, 15) is 4.39 Å². The molecular formula is C18H27FN2. The quantitative estimate of drug-likeness (QED) is 0.915. The van der Waals surface area contributed by atoms with Crippen LogP contribution < -0.4 is 5.32 Å². The van der Waals surface area contributed by atoms with Crippen LogP contribution >= 0.6 is 0 Å². The zero-order valence-electron chi connectivity index (χ0n) is 13.0. The van der Waals surface area contributed by atoms with Gasteiger partial charge in [-0.25, -0.2) is 4.39 Å². The topological polar surface area (TPSA) is 15.3 Å². The molecule has 3 heteroatoms. The predicted octanol–water partition coefficient (Wildman–Crippen LogP) is 3.57. The van der Waals surface area contributed by atoms with E-state index in [0.29, 0.717) is 12.1 Å². The van der Waals surface area contributed by atoms with Crippen molar-refractivity contribution in [2.24, 2.45) is 5.92 Å². The van der Waals surface area contributed by atoms with Crippen molar-refractivity contribution in [2.75, 3.05) is 13.1 Å². The number of hydrogen-bond donors (Lipinski definition) is 1. The molecule has 2 atom stereocenters. The zero-order chi connectivity index (χ0) is 14.7. The number of rotatable bonds is 3. The lowest BCUT2D eigenvalue weighted by Crippen LogP contribution is -2.57. The predicted molar refractivity (Wildman–Crippen MR) is 84.6 cm³/mol. The lowest BCUT2D eigenvalue weighted by atomic mass is 9.82. The highest BCUT2D eigenvalue weighted by molar-refractivity contribution is 5.16. The second-order valence-corrected chi connectivity index (χ2v) is 6.82. The minimum atomic E-state index is -0.126. The molecule has 1 aromatic carbocycles. The molecule has 1 aromatic rings. The van der Waals surface area contributed by atoms with Crippen LogP contribution in [0.2, 0.25) is 0 Å². The van der Waals surface area contributed by atoms with Crippen LogP contribution in [0.4, 0.5) is 4.39 Å². The fourth-order valence-corrected chi connectivity index (χ4v) is 3.89. The van der Waals surface area contributed by atoms with Crippen LogP contribution in [0.5, 0.6) is 0 Å². The zero-order valence-corrected chi connectivity index (χ0v) is 13.0. The van der Waals surface area contributed by atoms with Gasteiger partial charge in [0.15, 0.2) is 0 Å². The Labute approximate surface area is 127 Å². The van der Waals surface area contributed by atoms with Gasteiger partial charge in [-0.05, 0) is 43.4 Å². The van der Waals surface area contributed by atoms with E-state index in [1.807, 2.05) is 12.1 Å². The van der Waals surface area contributed by atoms with E-state index in [-0.39, 0.29) is 5.82 Å². The molecule has 0 radical (unpaired) electrons. The van der Waals surface area contributed by atoms with Gasteiger partial charge in [-0.1, -0.05) is 31.4 Å². The molecule has 1 saturated heterocycles. The average Bonchev–Trinajstić information content (AvgIpc) is 2.50. The molecule has 1 N–H and O–H groups in total. The van der Waals surface area contributed by atoms with Gasteiger partial charge in [0, 0.05) is 31.7 Å². The van der Waals surface area contributed by atoms with Crippen molar-refractivity contribution in [1.29, 1.82) is 0 Å². The number of halogens is 1. The van der Waals surface area contributed by atoms with E-state index in [1.165, 1.54) is 38.2 Å². The van der Waals surface area contributed by atoms with Crippen LogP contribution in [0.15, 0.2) is 24.3 Å². The summed E-state index contributed by atoms with van der Waals surface area (Å²) < 4.78 is 13.4. The van der Waals surface area contributed by atoms with Gasteiger partial charge >= 0.3 is 0 Å². The van der Waals surface area contributed by atoms with Crippen molar-refractivity contribution in [3.63, 3.8) is 0 Å². The van der Waals surface area contributed by atoms with Crippen molar-refractivity contribution in [1.82, 2.24) is 10.2 Å². The minimum Gasteiger partial charge on any atom is -0.311 e. The Balaban J connectivity index is 1.63. The van der Waals surface area contributed by atoms with Gasteiger partial charge in [0.25, 0.3) is 0 Å². The van der Waals surface area contributed by atoms with Gasteiger partial charge in [-0.3, -0.25) is 4.90 Å². The summed E-state index contributed by atoms with van der Waals surface area (Å²) in [6, 6.07) is 8.19. The number of nitrogens with zero attached hydrogens (tertiary/aromatic N) is 1. The summed E-state index contributed by atoms with van der Waals surface area (Å²) in [6.45, 7) is 5.28. The highest BCUT2D eigenvalue weighted by Gasteiger charge is 2.30. The molecule has 1 heterocycles. The third-order valence-corrected chi connectivity index (χ3v) is 5.22. The standard InChI is InChI=1S/C18H27FN2/c1-14-11-20-18(16-7-3-2-4-8-16)13-21(14)12-15-6-5-9-17(19)10-15/h5-6,9-10,14,16,18,20H,2-4,7-8,11-13H2,1H3. The Hall–Kier alpha value is -0.930. The average molecular weight is 290 g/mol. The summed E-state index contributed by atoms with van der Waals surface area (Å²) >= 11 is 0. The molecule has 3 rings (SSSR count). The van der Waals surface area contributed by atoms with Crippen molar-refractivity contribution >= 4 is 0 Å². The first kappa shape index (κ1) is 15.0. The van der Waals surface area contributed by atoms with E-state index in [1.54, 1.807) is 6.07 Å². The second-order valence-electron chi connectivity index (χ2n) is 6.82. The Morgan fingerprint density at radius 1 is 1.24 bits per heavy atom. The lowest BCUT2D eigenvalue weighted by molar-refractivity contribution is 0.0980. The molecule has 2 unspecified atom stereocenters. The number of benzene rings is 1. The maximum Gasteiger partial charge on any atom is 0.123 e. The molecule has 2 fully saturated rings. The molecule has 2 aliphatic rings. The van der Waals surface area contributed by atoms with Crippen molar-refractivity contribution in [2.45, 2.75) is 57.7 Å². The molecule has 2 nitrogen and oxygen atoms in total. The van der Waals surface area contributed by atoms with Crippen molar-refractivity contribution in [3.05, 3.63) is 35.6 Å². The fourth-order valence-electron chi connectivity index (χ4n) is 3.89. The van der Waals surface area contributed by atoms with E-state index in [0.717, 1.165) is 31.1 Å². The van der Waals surface area contributed by atoms with E-state index < -0.39 is 0 Å². The van der Waals surface area contributed by atoms with Crippen LogP contribution in [0.1, 0.15) is 44.6 Å². The monoisotopic (exact) mass is 290 g/mol. The molecule has 1 saturated carbocycles. The van der Waals surface area contributed by atoms with Gasteiger partial charge < -0.3 is 5.32 Å². The van der Waals surface area contributed by atoms with Crippen LogP contribution in [-0.4, -0.2) is 30.1 Å². The normalized spacial score (nSPS) is 28.7. The number of piperazine rings is 1. The molecule has 0 amide bonds. The SMILES string of the molecule is CC1CNC(C2CCCCC2)CN1Cc1cccc(F)c1. The third kappa shape index (κ3) is 3.83. The van der Waals surface area contributed by atoms with Crippen LogP contribution in [0, 0.1) is 11.7 Å². The van der Waals surface area contributed by atoms with Gasteiger partial charge in [0.05, 0.1) is 0 Å². The number of hydrogen-bond acceptors (Lipinski definition) is 2.